The zero-order chi connectivity index (χ0) is 10.3. The minimum atomic E-state index is -0.161. The van der Waals surface area contributed by atoms with Crippen molar-refractivity contribution < 1.29 is 13.6 Å². The number of aldehydes is 1. The van der Waals surface area contributed by atoms with E-state index in [0.29, 0.717) is 23.3 Å². The number of hydrogen-bond donors (Lipinski definition) is 0. The zero-order valence-electron chi connectivity index (χ0n) is 8.33. The lowest BCUT2D eigenvalue weighted by Gasteiger charge is -2.11. The number of carbonyl (C=O) groups is 1. The van der Waals surface area contributed by atoms with Gasteiger partial charge >= 0.3 is 0 Å². The Hall–Kier alpha value is -1.58. The van der Waals surface area contributed by atoms with Gasteiger partial charge in [0, 0.05) is 5.41 Å². The molecular weight excluding hydrogens is 182 g/mol. The van der Waals surface area contributed by atoms with Crippen LogP contribution in [-0.2, 0) is 5.41 Å². The maximum absolute atomic E-state index is 10.6. The fraction of sp³-hybridized carbons (Fsp3) is 0.400. The molecule has 0 atom stereocenters. The average molecular weight is 193 g/mol. The van der Waals surface area contributed by atoms with Gasteiger partial charge in [-0.2, -0.15) is 0 Å². The van der Waals surface area contributed by atoms with Gasteiger partial charge in [0.15, 0.2) is 6.29 Å². The van der Waals surface area contributed by atoms with Gasteiger partial charge in [-0.15, -0.1) is 0 Å². The van der Waals surface area contributed by atoms with Gasteiger partial charge in [-0.05, 0) is 0 Å². The second-order valence-corrected chi connectivity index (χ2v) is 4.20. The first-order valence-electron chi connectivity index (χ1n) is 4.36. The molecule has 0 unspecified atom stereocenters. The van der Waals surface area contributed by atoms with E-state index in [2.05, 4.69) is 4.98 Å². The summed E-state index contributed by atoms with van der Waals surface area (Å²) >= 11 is 0. The molecule has 0 spiro atoms. The van der Waals surface area contributed by atoms with E-state index in [9.17, 15) is 4.79 Å². The van der Waals surface area contributed by atoms with Crippen molar-refractivity contribution in [1.29, 1.82) is 0 Å². The lowest BCUT2D eigenvalue weighted by atomic mass is 9.97. The van der Waals surface area contributed by atoms with Crippen molar-refractivity contribution in [2.75, 3.05) is 0 Å². The molecule has 0 aromatic carbocycles. The van der Waals surface area contributed by atoms with Crippen molar-refractivity contribution in [2.24, 2.45) is 0 Å². The Kier molecular flexibility index (Phi) is 1.74. The SMILES string of the molecule is CC(C)(C)c1nc2coc(C=O)c2o1. The first kappa shape index (κ1) is 8.99. The Morgan fingerprint density at radius 3 is 2.71 bits per heavy atom. The van der Waals surface area contributed by atoms with Crippen LogP contribution >= 0.6 is 0 Å². The van der Waals surface area contributed by atoms with E-state index >= 15 is 0 Å². The second kappa shape index (κ2) is 2.70. The van der Waals surface area contributed by atoms with Crippen LogP contribution in [0.15, 0.2) is 15.1 Å². The fourth-order valence-corrected chi connectivity index (χ4v) is 1.16. The monoisotopic (exact) mass is 193 g/mol. The van der Waals surface area contributed by atoms with Crippen LogP contribution in [0, 0.1) is 0 Å². The Balaban J connectivity index is 2.63. The summed E-state index contributed by atoms with van der Waals surface area (Å²) in [7, 11) is 0. The van der Waals surface area contributed by atoms with E-state index in [4.69, 9.17) is 8.83 Å². The van der Waals surface area contributed by atoms with Crippen LogP contribution in [0.5, 0.6) is 0 Å². The van der Waals surface area contributed by atoms with Gasteiger partial charge in [0.1, 0.15) is 11.8 Å². The summed E-state index contributed by atoms with van der Waals surface area (Å²) in [5, 5.41) is 0. The van der Waals surface area contributed by atoms with Crippen LogP contribution in [0.2, 0.25) is 0 Å². The van der Waals surface area contributed by atoms with Gasteiger partial charge in [-0.3, -0.25) is 4.79 Å². The normalized spacial score (nSPS) is 12.2. The molecule has 0 fully saturated rings. The van der Waals surface area contributed by atoms with Gasteiger partial charge in [-0.1, -0.05) is 20.8 Å². The van der Waals surface area contributed by atoms with E-state index in [1.54, 1.807) is 0 Å². The first-order chi connectivity index (χ1) is 6.52. The summed E-state index contributed by atoms with van der Waals surface area (Å²) in [4.78, 5) is 14.8. The Morgan fingerprint density at radius 2 is 2.14 bits per heavy atom. The maximum Gasteiger partial charge on any atom is 0.211 e. The Morgan fingerprint density at radius 1 is 1.43 bits per heavy atom. The summed E-state index contributed by atoms with van der Waals surface area (Å²) in [5.41, 5.74) is 0.869. The minimum absolute atomic E-state index is 0.161. The van der Waals surface area contributed by atoms with Gasteiger partial charge in [0.25, 0.3) is 0 Å². The van der Waals surface area contributed by atoms with Crippen LogP contribution in [0.4, 0.5) is 0 Å². The molecule has 0 N–H and O–H groups in total. The van der Waals surface area contributed by atoms with E-state index in [1.165, 1.54) is 6.26 Å². The number of hydrogen-bond acceptors (Lipinski definition) is 4. The molecule has 74 valence electrons. The molecule has 2 rings (SSSR count). The van der Waals surface area contributed by atoms with Crippen LogP contribution in [0.3, 0.4) is 0 Å². The number of rotatable bonds is 1. The average Bonchev–Trinajstić information content (AvgIpc) is 2.58. The van der Waals surface area contributed by atoms with Gasteiger partial charge in [-0.25, -0.2) is 4.98 Å². The number of aromatic nitrogens is 1. The minimum Gasteiger partial charge on any atom is -0.455 e. The van der Waals surface area contributed by atoms with E-state index in [1.807, 2.05) is 20.8 Å². The third kappa shape index (κ3) is 1.23. The van der Waals surface area contributed by atoms with Crippen LogP contribution in [0.1, 0.15) is 37.2 Å². The molecule has 0 amide bonds. The summed E-state index contributed by atoms with van der Waals surface area (Å²) in [6, 6.07) is 0. The van der Waals surface area contributed by atoms with Crippen molar-refractivity contribution in [1.82, 2.24) is 4.98 Å². The van der Waals surface area contributed by atoms with Crippen molar-refractivity contribution in [3.8, 4) is 0 Å². The highest BCUT2D eigenvalue weighted by Crippen LogP contribution is 2.27. The van der Waals surface area contributed by atoms with E-state index in [0.717, 1.165) is 0 Å². The molecule has 0 aliphatic rings. The molecule has 0 radical (unpaired) electrons. The fourth-order valence-electron chi connectivity index (χ4n) is 1.16. The third-order valence-corrected chi connectivity index (χ3v) is 1.92. The number of furan rings is 1. The van der Waals surface area contributed by atoms with Crippen LogP contribution in [-0.4, -0.2) is 11.3 Å². The summed E-state index contributed by atoms with van der Waals surface area (Å²) in [5.74, 6) is 0.810. The molecule has 4 nitrogen and oxygen atoms in total. The quantitative estimate of drug-likeness (QED) is 0.653. The number of nitrogens with zero attached hydrogens (tertiary/aromatic N) is 1. The largest absolute Gasteiger partial charge is 0.455 e. The molecule has 0 bridgehead atoms. The summed E-state index contributed by atoms with van der Waals surface area (Å²) in [6.07, 6.45) is 2.05. The molecule has 2 aromatic heterocycles. The lowest BCUT2D eigenvalue weighted by molar-refractivity contribution is 0.110. The van der Waals surface area contributed by atoms with Gasteiger partial charge in [0.05, 0.1) is 0 Å². The van der Waals surface area contributed by atoms with Crippen molar-refractivity contribution in [2.45, 2.75) is 26.2 Å². The second-order valence-electron chi connectivity index (χ2n) is 4.20. The van der Waals surface area contributed by atoms with Crippen molar-refractivity contribution in [3.05, 3.63) is 17.9 Å². The topological polar surface area (TPSA) is 56.2 Å². The predicted molar refractivity (Wildman–Crippen MR) is 50.4 cm³/mol. The molecule has 4 heteroatoms. The Labute approximate surface area is 80.9 Å². The molecule has 0 aliphatic heterocycles. The highest BCUT2D eigenvalue weighted by Gasteiger charge is 2.23. The number of oxazole rings is 1. The highest BCUT2D eigenvalue weighted by atomic mass is 16.4. The van der Waals surface area contributed by atoms with Crippen LogP contribution < -0.4 is 0 Å². The smallest absolute Gasteiger partial charge is 0.211 e. The van der Waals surface area contributed by atoms with Crippen LogP contribution in [0.25, 0.3) is 11.1 Å². The molecule has 14 heavy (non-hydrogen) atoms. The van der Waals surface area contributed by atoms with Crippen molar-refractivity contribution >= 4 is 17.4 Å². The lowest BCUT2D eigenvalue weighted by Crippen LogP contribution is -2.11. The van der Waals surface area contributed by atoms with E-state index < -0.39 is 0 Å². The highest BCUT2D eigenvalue weighted by molar-refractivity contribution is 5.89. The Bertz CT molecular complexity index is 473. The van der Waals surface area contributed by atoms with Gasteiger partial charge in [0.2, 0.25) is 17.2 Å². The molecule has 0 saturated heterocycles. The molecule has 2 aromatic rings. The molecule has 0 aliphatic carbocycles. The molecule has 2 heterocycles. The number of carbonyl (C=O) groups excluding carboxylic acids is 1. The van der Waals surface area contributed by atoms with Gasteiger partial charge < -0.3 is 8.83 Å². The molecular formula is C10H11NO3. The predicted octanol–water partition coefficient (Wildman–Crippen LogP) is 2.53. The maximum atomic E-state index is 10.6. The summed E-state index contributed by atoms with van der Waals surface area (Å²) < 4.78 is 10.4. The standard InChI is InChI=1S/C10H11NO3/c1-10(2,3)9-11-6-5-13-7(4-12)8(6)14-9/h4-5H,1-3H3. The van der Waals surface area contributed by atoms with E-state index in [-0.39, 0.29) is 11.2 Å². The number of fused-ring (bicyclic) bond motifs is 1. The molecule has 0 saturated carbocycles. The summed E-state index contributed by atoms with van der Waals surface area (Å²) in [6.45, 7) is 5.99. The van der Waals surface area contributed by atoms with Crippen molar-refractivity contribution in [3.63, 3.8) is 0 Å². The first-order valence-corrected chi connectivity index (χ1v) is 4.36. The third-order valence-electron chi connectivity index (χ3n) is 1.92. The zero-order valence-corrected chi connectivity index (χ0v) is 8.33.